The third-order valence-corrected chi connectivity index (χ3v) is 3.91. The summed E-state index contributed by atoms with van der Waals surface area (Å²) in [6.45, 7) is 7.96. The zero-order valence-corrected chi connectivity index (χ0v) is 11.3. The van der Waals surface area contributed by atoms with Crippen LogP contribution in [-0.4, -0.2) is 36.2 Å². The Morgan fingerprint density at radius 1 is 1.41 bits per heavy atom. The summed E-state index contributed by atoms with van der Waals surface area (Å²) in [7, 11) is 0. The van der Waals surface area contributed by atoms with E-state index < -0.39 is 0 Å². The van der Waals surface area contributed by atoms with Crippen LogP contribution in [0.4, 0.5) is 0 Å². The van der Waals surface area contributed by atoms with Crippen LogP contribution in [0.15, 0.2) is 0 Å². The summed E-state index contributed by atoms with van der Waals surface area (Å²) in [5.74, 6) is 0.153. The van der Waals surface area contributed by atoms with Crippen LogP contribution in [-0.2, 0) is 4.79 Å². The van der Waals surface area contributed by atoms with Crippen LogP contribution in [0.3, 0.4) is 0 Å². The molecular formula is C13H26N2O2. The first kappa shape index (κ1) is 14.5. The van der Waals surface area contributed by atoms with Crippen molar-refractivity contribution in [1.82, 2.24) is 10.6 Å². The van der Waals surface area contributed by atoms with Gasteiger partial charge in [-0.1, -0.05) is 6.92 Å². The maximum atomic E-state index is 12.4. The molecule has 0 aromatic carbocycles. The molecule has 1 aliphatic rings. The molecule has 1 rings (SSSR count). The van der Waals surface area contributed by atoms with Gasteiger partial charge in [0.1, 0.15) is 0 Å². The monoisotopic (exact) mass is 242 g/mol. The van der Waals surface area contributed by atoms with Gasteiger partial charge in [0.25, 0.3) is 0 Å². The van der Waals surface area contributed by atoms with E-state index in [-0.39, 0.29) is 23.5 Å². The summed E-state index contributed by atoms with van der Waals surface area (Å²) in [5.41, 5.74) is -0.531. The Labute approximate surface area is 104 Å². The third-order valence-electron chi connectivity index (χ3n) is 3.91. The number of nitrogens with one attached hydrogen (secondary N) is 2. The minimum absolute atomic E-state index is 0.105. The largest absolute Gasteiger partial charge is 0.396 e. The SMILES string of the molecule is CCC1(C(=O)NC(C)(C)CCO)CCNCC1. The molecule has 0 radical (unpaired) electrons. The fourth-order valence-corrected chi connectivity index (χ4v) is 2.43. The van der Waals surface area contributed by atoms with Gasteiger partial charge in [-0.25, -0.2) is 0 Å². The van der Waals surface area contributed by atoms with E-state index in [1.165, 1.54) is 0 Å². The Morgan fingerprint density at radius 2 is 2.00 bits per heavy atom. The van der Waals surface area contributed by atoms with Gasteiger partial charge in [0, 0.05) is 12.1 Å². The molecule has 100 valence electrons. The van der Waals surface area contributed by atoms with E-state index in [0.29, 0.717) is 6.42 Å². The van der Waals surface area contributed by atoms with E-state index in [2.05, 4.69) is 17.6 Å². The molecule has 17 heavy (non-hydrogen) atoms. The van der Waals surface area contributed by atoms with Crippen molar-refractivity contribution in [2.24, 2.45) is 5.41 Å². The van der Waals surface area contributed by atoms with Gasteiger partial charge in [-0.3, -0.25) is 4.79 Å². The number of piperidine rings is 1. The van der Waals surface area contributed by atoms with Gasteiger partial charge in [-0.15, -0.1) is 0 Å². The summed E-state index contributed by atoms with van der Waals surface area (Å²) >= 11 is 0. The highest BCUT2D eigenvalue weighted by Gasteiger charge is 2.39. The van der Waals surface area contributed by atoms with Crippen molar-refractivity contribution in [3.05, 3.63) is 0 Å². The Hall–Kier alpha value is -0.610. The maximum absolute atomic E-state index is 12.4. The van der Waals surface area contributed by atoms with E-state index in [0.717, 1.165) is 32.4 Å². The maximum Gasteiger partial charge on any atom is 0.226 e. The van der Waals surface area contributed by atoms with E-state index in [1.807, 2.05) is 13.8 Å². The number of rotatable bonds is 5. The lowest BCUT2D eigenvalue weighted by Crippen LogP contribution is -2.53. The lowest BCUT2D eigenvalue weighted by molar-refractivity contribution is -0.134. The van der Waals surface area contributed by atoms with Crippen LogP contribution in [0.25, 0.3) is 0 Å². The summed E-state index contributed by atoms with van der Waals surface area (Å²) in [5, 5.41) is 15.4. The van der Waals surface area contributed by atoms with Crippen LogP contribution in [0.2, 0.25) is 0 Å². The van der Waals surface area contributed by atoms with Crippen LogP contribution in [0, 0.1) is 5.41 Å². The van der Waals surface area contributed by atoms with Crippen LogP contribution < -0.4 is 10.6 Å². The summed E-state index contributed by atoms with van der Waals surface area (Å²) < 4.78 is 0. The van der Waals surface area contributed by atoms with Crippen molar-refractivity contribution in [2.75, 3.05) is 19.7 Å². The normalized spacial score (nSPS) is 20.0. The quantitative estimate of drug-likeness (QED) is 0.675. The minimum Gasteiger partial charge on any atom is -0.396 e. The molecule has 4 nitrogen and oxygen atoms in total. The molecule has 0 bridgehead atoms. The van der Waals surface area contributed by atoms with Gasteiger partial charge in [0.15, 0.2) is 0 Å². The number of amides is 1. The zero-order chi connectivity index (χ0) is 12.9. The Bertz CT molecular complexity index is 258. The van der Waals surface area contributed by atoms with Crippen molar-refractivity contribution >= 4 is 5.91 Å². The van der Waals surface area contributed by atoms with E-state index >= 15 is 0 Å². The molecule has 0 unspecified atom stereocenters. The first-order chi connectivity index (χ1) is 7.96. The van der Waals surface area contributed by atoms with Gasteiger partial charge < -0.3 is 15.7 Å². The summed E-state index contributed by atoms with van der Waals surface area (Å²) in [6, 6.07) is 0. The molecule has 1 heterocycles. The first-order valence-electron chi connectivity index (χ1n) is 6.60. The smallest absolute Gasteiger partial charge is 0.226 e. The topological polar surface area (TPSA) is 61.4 Å². The fourth-order valence-electron chi connectivity index (χ4n) is 2.43. The third kappa shape index (κ3) is 3.68. The van der Waals surface area contributed by atoms with E-state index in [4.69, 9.17) is 5.11 Å². The van der Waals surface area contributed by atoms with Gasteiger partial charge >= 0.3 is 0 Å². The van der Waals surface area contributed by atoms with Crippen LogP contribution >= 0.6 is 0 Å². The number of hydrogen-bond donors (Lipinski definition) is 3. The summed E-state index contributed by atoms with van der Waals surface area (Å²) in [6.07, 6.45) is 3.29. The molecule has 1 aliphatic heterocycles. The molecule has 1 saturated heterocycles. The molecule has 0 spiro atoms. The van der Waals surface area contributed by atoms with Crippen molar-refractivity contribution in [3.63, 3.8) is 0 Å². The van der Waals surface area contributed by atoms with Crippen molar-refractivity contribution < 1.29 is 9.90 Å². The number of carbonyl (C=O) groups is 1. The van der Waals surface area contributed by atoms with E-state index in [9.17, 15) is 4.79 Å². The molecule has 0 aromatic heterocycles. The molecule has 0 saturated carbocycles. The lowest BCUT2D eigenvalue weighted by atomic mass is 9.75. The van der Waals surface area contributed by atoms with Gasteiger partial charge in [0.05, 0.1) is 5.41 Å². The number of aliphatic hydroxyl groups is 1. The second-order valence-electron chi connectivity index (χ2n) is 5.70. The summed E-state index contributed by atoms with van der Waals surface area (Å²) in [4.78, 5) is 12.4. The average molecular weight is 242 g/mol. The zero-order valence-electron chi connectivity index (χ0n) is 11.3. The highest BCUT2D eigenvalue weighted by Crippen LogP contribution is 2.33. The Kier molecular flexibility index (Phi) is 4.95. The molecular weight excluding hydrogens is 216 g/mol. The molecule has 0 atom stereocenters. The predicted octanol–water partition coefficient (Wildman–Crippen LogP) is 1.04. The van der Waals surface area contributed by atoms with Gasteiger partial charge in [-0.2, -0.15) is 0 Å². The van der Waals surface area contributed by atoms with E-state index in [1.54, 1.807) is 0 Å². The Morgan fingerprint density at radius 3 is 2.47 bits per heavy atom. The lowest BCUT2D eigenvalue weighted by Gasteiger charge is -2.38. The average Bonchev–Trinajstić information content (AvgIpc) is 2.29. The molecule has 0 aliphatic carbocycles. The standard InChI is InChI=1S/C13H26N2O2/c1-4-13(5-8-14-9-6-13)11(17)15-12(2,3)7-10-16/h14,16H,4-10H2,1-3H3,(H,15,17). The van der Waals surface area contributed by atoms with Gasteiger partial charge in [-0.05, 0) is 52.6 Å². The number of carbonyl (C=O) groups excluding carboxylic acids is 1. The molecule has 1 fully saturated rings. The molecule has 3 N–H and O–H groups in total. The number of aliphatic hydroxyl groups excluding tert-OH is 1. The second kappa shape index (κ2) is 5.83. The van der Waals surface area contributed by atoms with Crippen molar-refractivity contribution in [3.8, 4) is 0 Å². The second-order valence-corrected chi connectivity index (χ2v) is 5.70. The fraction of sp³-hybridized carbons (Fsp3) is 0.923. The molecule has 4 heteroatoms. The highest BCUT2D eigenvalue weighted by molar-refractivity contribution is 5.83. The van der Waals surface area contributed by atoms with Crippen LogP contribution in [0.5, 0.6) is 0 Å². The first-order valence-corrected chi connectivity index (χ1v) is 6.60. The van der Waals surface area contributed by atoms with Crippen molar-refractivity contribution in [2.45, 2.75) is 52.0 Å². The highest BCUT2D eigenvalue weighted by atomic mass is 16.3. The predicted molar refractivity (Wildman–Crippen MR) is 68.8 cm³/mol. The minimum atomic E-state index is -0.321. The Balaban J connectivity index is 2.66. The van der Waals surface area contributed by atoms with Gasteiger partial charge in [0.2, 0.25) is 5.91 Å². The van der Waals surface area contributed by atoms with Crippen molar-refractivity contribution in [1.29, 1.82) is 0 Å². The van der Waals surface area contributed by atoms with Crippen LogP contribution in [0.1, 0.15) is 46.5 Å². The number of hydrogen-bond acceptors (Lipinski definition) is 3. The molecule has 0 aromatic rings. The molecule has 1 amide bonds.